The van der Waals surface area contributed by atoms with Gasteiger partial charge < -0.3 is 9.73 Å². The van der Waals surface area contributed by atoms with Crippen LogP contribution in [0.4, 0.5) is 0 Å². The summed E-state index contributed by atoms with van der Waals surface area (Å²) in [6, 6.07) is 4.31. The number of thiophene rings is 1. The summed E-state index contributed by atoms with van der Waals surface area (Å²) in [5, 5.41) is 3.45. The van der Waals surface area contributed by atoms with Crippen LogP contribution in [0.1, 0.15) is 24.1 Å². The van der Waals surface area contributed by atoms with Crippen molar-refractivity contribution >= 4 is 43.2 Å². The number of hydrogen-bond donors (Lipinski definition) is 1. The molecule has 0 saturated carbocycles. The highest BCUT2D eigenvalue weighted by molar-refractivity contribution is 9.12. The van der Waals surface area contributed by atoms with Crippen molar-refractivity contribution in [2.45, 2.75) is 13.0 Å². The Balaban J connectivity index is 2.36. The molecule has 0 bridgehead atoms. The largest absolute Gasteiger partial charge is 0.472 e. The normalized spacial score (nSPS) is 12.9. The molecule has 16 heavy (non-hydrogen) atoms. The third kappa shape index (κ3) is 2.59. The summed E-state index contributed by atoms with van der Waals surface area (Å²) in [6.45, 7) is 3.01. The van der Waals surface area contributed by atoms with Gasteiger partial charge in [0.1, 0.15) is 0 Å². The fourth-order valence-corrected chi connectivity index (χ4v) is 4.50. The molecule has 0 aliphatic heterocycles. The first kappa shape index (κ1) is 12.4. The van der Waals surface area contributed by atoms with E-state index in [1.807, 2.05) is 6.07 Å². The van der Waals surface area contributed by atoms with Crippen LogP contribution < -0.4 is 5.32 Å². The third-order valence-corrected chi connectivity index (χ3v) is 4.66. The minimum atomic E-state index is 0.181. The summed E-state index contributed by atoms with van der Waals surface area (Å²) in [4.78, 5) is 0. The van der Waals surface area contributed by atoms with Crippen LogP contribution in [0.3, 0.4) is 0 Å². The second kappa shape index (κ2) is 5.49. The van der Waals surface area contributed by atoms with E-state index in [-0.39, 0.29) is 6.04 Å². The lowest BCUT2D eigenvalue weighted by Gasteiger charge is -2.15. The van der Waals surface area contributed by atoms with E-state index >= 15 is 0 Å². The Morgan fingerprint density at radius 2 is 2.31 bits per heavy atom. The topological polar surface area (TPSA) is 25.2 Å². The summed E-state index contributed by atoms with van der Waals surface area (Å²) in [7, 11) is 0. The standard InChI is InChI=1S/C11H11Br2NOS/c1-2-14-10(7-3-4-15-6-7)8-5-9(12)16-11(8)13/h3-6,10,14H,2H2,1H3. The number of rotatable bonds is 4. The molecule has 5 heteroatoms. The predicted octanol–water partition coefficient (Wildman–Crippen LogP) is 4.57. The van der Waals surface area contributed by atoms with Crippen LogP contribution in [0, 0.1) is 0 Å². The molecule has 86 valence electrons. The van der Waals surface area contributed by atoms with Crippen LogP contribution in [-0.2, 0) is 0 Å². The Morgan fingerprint density at radius 3 is 2.81 bits per heavy atom. The molecule has 1 N–H and O–H groups in total. The number of furan rings is 1. The Labute approximate surface area is 115 Å². The monoisotopic (exact) mass is 363 g/mol. The van der Waals surface area contributed by atoms with Gasteiger partial charge >= 0.3 is 0 Å². The minimum Gasteiger partial charge on any atom is -0.472 e. The first-order valence-electron chi connectivity index (χ1n) is 4.92. The Hall–Kier alpha value is -0.100. The van der Waals surface area contributed by atoms with Crippen molar-refractivity contribution in [3.8, 4) is 0 Å². The van der Waals surface area contributed by atoms with Gasteiger partial charge in [0.2, 0.25) is 0 Å². The molecule has 0 fully saturated rings. The van der Waals surface area contributed by atoms with Crippen molar-refractivity contribution in [1.82, 2.24) is 5.32 Å². The van der Waals surface area contributed by atoms with E-state index in [1.165, 1.54) is 5.56 Å². The first-order valence-corrected chi connectivity index (χ1v) is 7.32. The summed E-state index contributed by atoms with van der Waals surface area (Å²) in [6.07, 6.45) is 3.49. The molecule has 0 aromatic carbocycles. The highest BCUT2D eigenvalue weighted by atomic mass is 79.9. The molecule has 0 aliphatic carbocycles. The van der Waals surface area contributed by atoms with Crippen LogP contribution in [0.25, 0.3) is 0 Å². The lowest BCUT2D eigenvalue weighted by molar-refractivity contribution is 0.553. The zero-order valence-electron chi connectivity index (χ0n) is 8.67. The van der Waals surface area contributed by atoms with Crippen molar-refractivity contribution in [3.63, 3.8) is 0 Å². The zero-order valence-corrected chi connectivity index (χ0v) is 12.7. The molecule has 2 rings (SSSR count). The Kier molecular flexibility index (Phi) is 4.24. The molecule has 2 nitrogen and oxygen atoms in total. The van der Waals surface area contributed by atoms with E-state index < -0.39 is 0 Å². The van der Waals surface area contributed by atoms with Crippen LogP contribution >= 0.6 is 43.2 Å². The minimum absolute atomic E-state index is 0.181. The van der Waals surface area contributed by atoms with Crippen molar-refractivity contribution in [2.75, 3.05) is 6.54 Å². The molecule has 2 aromatic rings. The van der Waals surface area contributed by atoms with Crippen LogP contribution in [0.5, 0.6) is 0 Å². The molecule has 0 spiro atoms. The number of halogens is 2. The summed E-state index contributed by atoms with van der Waals surface area (Å²) < 4.78 is 7.42. The average Bonchev–Trinajstić information content (AvgIpc) is 2.85. The Morgan fingerprint density at radius 1 is 1.50 bits per heavy atom. The maximum absolute atomic E-state index is 5.15. The van der Waals surface area contributed by atoms with Gasteiger partial charge in [0.25, 0.3) is 0 Å². The molecule has 0 radical (unpaired) electrons. The maximum atomic E-state index is 5.15. The maximum Gasteiger partial charge on any atom is 0.0953 e. The molecule has 1 unspecified atom stereocenters. The van der Waals surface area contributed by atoms with Crippen molar-refractivity contribution in [1.29, 1.82) is 0 Å². The fraction of sp³-hybridized carbons (Fsp3) is 0.273. The molecular weight excluding hydrogens is 354 g/mol. The van der Waals surface area contributed by atoms with Crippen LogP contribution in [0.15, 0.2) is 36.6 Å². The molecule has 0 amide bonds. The smallest absolute Gasteiger partial charge is 0.0953 e. The van der Waals surface area contributed by atoms with E-state index in [0.29, 0.717) is 0 Å². The van der Waals surface area contributed by atoms with Gasteiger partial charge in [0, 0.05) is 5.56 Å². The average molecular weight is 365 g/mol. The van der Waals surface area contributed by atoms with E-state index in [4.69, 9.17) is 4.42 Å². The van der Waals surface area contributed by atoms with Gasteiger partial charge in [-0.3, -0.25) is 0 Å². The first-order chi connectivity index (χ1) is 7.72. The lowest BCUT2D eigenvalue weighted by atomic mass is 10.0. The van der Waals surface area contributed by atoms with Gasteiger partial charge in [-0.2, -0.15) is 0 Å². The van der Waals surface area contributed by atoms with Gasteiger partial charge in [0.05, 0.1) is 26.1 Å². The second-order valence-corrected chi connectivity index (χ2v) is 7.08. The molecular formula is C11H11Br2NOS. The van der Waals surface area contributed by atoms with Gasteiger partial charge in [-0.25, -0.2) is 0 Å². The molecule has 0 aliphatic rings. The van der Waals surface area contributed by atoms with Gasteiger partial charge in [-0.05, 0) is 56.1 Å². The van der Waals surface area contributed by atoms with E-state index in [9.17, 15) is 0 Å². The second-order valence-electron chi connectivity index (χ2n) is 3.33. The molecule has 1 atom stereocenters. The van der Waals surface area contributed by atoms with Gasteiger partial charge in [-0.1, -0.05) is 6.92 Å². The van der Waals surface area contributed by atoms with Crippen molar-refractivity contribution < 1.29 is 4.42 Å². The molecule has 2 heterocycles. The highest BCUT2D eigenvalue weighted by Gasteiger charge is 2.19. The van der Waals surface area contributed by atoms with Crippen molar-refractivity contribution in [2.24, 2.45) is 0 Å². The van der Waals surface area contributed by atoms with E-state index in [2.05, 4.69) is 50.2 Å². The molecule has 0 saturated heterocycles. The predicted molar refractivity (Wildman–Crippen MR) is 73.9 cm³/mol. The van der Waals surface area contributed by atoms with E-state index in [0.717, 1.165) is 19.7 Å². The summed E-state index contributed by atoms with van der Waals surface area (Å²) in [5.74, 6) is 0. The summed E-state index contributed by atoms with van der Waals surface area (Å²) >= 11 is 8.78. The van der Waals surface area contributed by atoms with Crippen LogP contribution in [0.2, 0.25) is 0 Å². The van der Waals surface area contributed by atoms with Gasteiger partial charge in [-0.15, -0.1) is 11.3 Å². The number of hydrogen-bond acceptors (Lipinski definition) is 3. The zero-order chi connectivity index (χ0) is 11.5. The lowest BCUT2D eigenvalue weighted by Crippen LogP contribution is -2.21. The van der Waals surface area contributed by atoms with Crippen molar-refractivity contribution in [3.05, 3.63) is 43.4 Å². The van der Waals surface area contributed by atoms with E-state index in [1.54, 1.807) is 23.9 Å². The van der Waals surface area contributed by atoms with Gasteiger partial charge in [0.15, 0.2) is 0 Å². The Bertz CT molecular complexity index is 453. The third-order valence-electron chi connectivity index (χ3n) is 2.28. The highest BCUT2D eigenvalue weighted by Crippen LogP contribution is 2.37. The summed E-state index contributed by atoms with van der Waals surface area (Å²) in [5.41, 5.74) is 2.38. The number of nitrogens with one attached hydrogen (secondary N) is 1. The SMILES string of the molecule is CCNC(c1ccoc1)c1cc(Br)sc1Br. The quantitative estimate of drug-likeness (QED) is 0.859. The fourth-order valence-electron chi connectivity index (χ4n) is 1.60. The van der Waals surface area contributed by atoms with Crippen LogP contribution in [-0.4, -0.2) is 6.54 Å². The molecule has 2 aromatic heterocycles.